The molecule has 0 heterocycles. The van der Waals surface area contributed by atoms with Crippen LogP contribution in [0.2, 0.25) is 0 Å². The van der Waals surface area contributed by atoms with Gasteiger partial charge in [-0.2, -0.15) is 0 Å². The summed E-state index contributed by atoms with van der Waals surface area (Å²) in [5.41, 5.74) is 6.28. The van der Waals surface area contributed by atoms with Crippen molar-refractivity contribution in [3.05, 3.63) is 24.3 Å². The lowest BCUT2D eigenvalue weighted by Crippen LogP contribution is -2.19. The third-order valence-corrected chi connectivity index (χ3v) is 5.70. The summed E-state index contributed by atoms with van der Waals surface area (Å²) >= 11 is 0. The number of allylic oxidation sites excluding steroid dienone is 4. The second kappa shape index (κ2) is 24.5. The fraction of sp³-hybridized carbons (Fsp3) is 0.852. The molecule has 0 spiro atoms. The van der Waals surface area contributed by atoms with E-state index in [2.05, 4.69) is 38.2 Å². The quantitative estimate of drug-likeness (QED) is 0.144. The highest BCUT2D eigenvalue weighted by atomic mass is 14.6. The fourth-order valence-electron chi connectivity index (χ4n) is 3.73. The highest BCUT2D eigenvalue weighted by Crippen LogP contribution is 2.13. The molecule has 0 aromatic rings. The number of hydrogen-bond donors (Lipinski definition) is 1. The van der Waals surface area contributed by atoms with Gasteiger partial charge in [0, 0.05) is 6.04 Å². The van der Waals surface area contributed by atoms with Crippen LogP contribution in [0.1, 0.15) is 142 Å². The zero-order valence-corrected chi connectivity index (χ0v) is 19.6. The second-order valence-corrected chi connectivity index (χ2v) is 8.69. The Kier molecular flexibility index (Phi) is 24.0. The molecule has 166 valence electrons. The average Bonchev–Trinajstić information content (AvgIpc) is 2.70. The van der Waals surface area contributed by atoms with E-state index in [9.17, 15) is 0 Å². The normalized spacial score (nSPS) is 13.1. The molecule has 0 saturated heterocycles. The zero-order valence-electron chi connectivity index (χ0n) is 19.6. The van der Waals surface area contributed by atoms with Crippen LogP contribution >= 0.6 is 0 Å². The molecule has 0 fully saturated rings. The lowest BCUT2D eigenvalue weighted by Gasteiger charge is -2.11. The lowest BCUT2D eigenvalue weighted by atomic mass is 10.0. The van der Waals surface area contributed by atoms with Gasteiger partial charge in [-0.05, 0) is 44.9 Å². The van der Waals surface area contributed by atoms with Crippen molar-refractivity contribution in [2.24, 2.45) is 5.73 Å². The molecule has 0 rings (SSSR count). The van der Waals surface area contributed by atoms with Crippen LogP contribution in [0.4, 0.5) is 0 Å². The van der Waals surface area contributed by atoms with Gasteiger partial charge in [0.2, 0.25) is 0 Å². The minimum absolute atomic E-state index is 0.452. The molecule has 0 radical (unpaired) electrons. The van der Waals surface area contributed by atoms with Gasteiger partial charge in [0.15, 0.2) is 0 Å². The highest BCUT2D eigenvalue weighted by molar-refractivity contribution is 4.92. The first kappa shape index (κ1) is 27.4. The zero-order chi connectivity index (χ0) is 20.5. The summed E-state index contributed by atoms with van der Waals surface area (Å²) < 4.78 is 0. The van der Waals surface area contributed by atoms with E-state index >= 15 is 0 Å². The minimum Gasteiger partial charge on any atom is -0.328 e. The molecule has 0 aliphatic heterocycles. The van der Waals surface area contributed by atoms with Gasteiger partial charge in [-0.3, -0.25) is 0 Å². The molecule has 0 bridgehead atoms. The monoisotopic (exact) mass is 391 g/mol. The van der Waals surface area contributed by atoms with E-state index in [1.165, 1.54) is 122 Å². The van der Waals surface area contributed by atoms with E-state index in [0.29, 0.717) is 6.04 Å². The Morgan fingerprint density at radius 3 is 1.43 bits per heavy atom. The van der Waals surface area contributed by atoms with Gasteiger partial charge in [0.05, 0.1) is 0 Å². The second-order valence-electron chi connectivity index (χ2n) is 8.69. The summed E-state index contributed by atoms with van der Waals surface area (Å²) in [4.78, 5) is 0. The van der Waals surface area contributed by atoms with Crippen LogP contribution in [0.15, 0.2) is 24.3 Å². The average molecular weight is 392 g/mol. The first-order valence-electron chi connectivity index (χ1n) is 12.9. The Hall–Kier alpha value is -0.560. The molecule has 28 heavy (non-hydrogen) atoms. The van der Waals surface area contributed by atoms with Crippen LogP contribution in [-0.4, -0.2) is 6.04 Å². The summed E-state index contributed by atoms with van der Waals surface area (Å²) in [5, 5.41) is 0. The van der Waals surface area contributed by atoms with Crippen LogP contribution in [-0.2, 0) is 0 Å². The molecule has 0 aromatic heterocycles. The molecular weight excluding hydrogens is 338 g/mol. The van der Waals surface area contributed by atoms with Crippen molar-refractivity contribution < 1.29 is 0 Å². The van der Waals surface area contributed by atoms with Crippen molar-refractivity contribution in [2.45, 2.75) is 148 Å². The molecule has 0 aromatic carbocycles. The van der Waals surface area contributed by atoms with Crippen molar-refractivity contribution >= 4 is 0 Å². The van der Waals surface area contributed by atoms with Gasteiger partial charge in [0.25, 0.3) is 0 Å². The van der Waals surface area contributed by atoms with E-state index < -0.39 is 0 Å². The predicted molar refractivity (Wildman–Crippen MR) is 130 cm³/mol. The van der Waals surface area contributed by atoms with E-state index in [1.54, 1.807) is 0 Å². The van der Waals surface area contributed by atoms with E-state index in [0.717, 1.165) is 6.42 Å². The number of rotatable bonds is 22. The third-order valence-electron chi connectivity index (χ3n) is 5.70. The van der Waals surface area contributed by atoms with Crippen LogP contribution in [0, 0.1) is 0 Å². The number of hydrogen-bond acceptors (Lipinski definition) is 1. The lowest BCUT2D eigenvalue weighted by molar-refractivity contribution is 0.483. The van der Waals surface area contributed by atoms with Crippen molar-refractivity contribution in [1.29, 1.82) is 0 Å². The number of unbranched alkanes of at least 4 members (excludes halogenated alkanes) is 14. The molecule has 1 atom stereocenters. The smallest absolute Gasteiger partial charge is 0.00388 e. The summed E-state index contributed by atoms with van der Waals surface area (Å²) in [5.74, 6) is 0. The van der Waals surface area contributed by atoms with Gasteiger partial charge in [-0.25, -0.2) is 0 Å². The van der Waals surface area contributed by atoms with Crippen molar-refractivity contribution in [3.8, 4) is 0 Å². The van der Waals surface area contributed by atoms with Gasteiger partial charge in [-0.1, -0.05) is 122 Å². The Balaban J connectivity index is 3.24. The molecule has 2 N–H and O–H groups in total. The summed E-state index contributed by atoms with van der Waals surface area (Å²) in [7, 11) is 0. The first-order chi connectivity index (χ1) is 13.8. The molecular formula is C27H53N. The van der Waals surface area contributed by atoms with Crippen LogP contribution in [0.25, 0.3) is 0 Å². The standard InChI is InChI=1S/C27H53N/c1-3-5-7-9-11-12-13-14-15-16-17-18-20-22-24-26-27(28)25-23-21-19-10-8-6-4-2/h11-12,14-15,27H,3-10,13,16-26,28H2,1-2H3/b12-11?,15-14-. The maximum absolute atomic E-state index is 6.28. The fourth-order valence-corrected chi connectivity index (χ4v) is 3.73. The minimum atomic E-state index is 0.452. The van der Waals surface area contributed by atoms with E-state index in [1.807, 2.05) is 0 Å². The largest absolute Gasteiger partial charge is 0.328 e. The van der Waals surface area contributed by atoms with E-state index in [4.69, 9.17) is 5.73 Å². The maximum atomic E-state index is 6.28. The molecule has 0 aliphatic rings. The molecule has 0 amide bonds. The molecule has 0 saturated carbocycles. The molecule has 1 heteroatoms. The van der Waals surface area contributed by atoms with Gasteiger partial charge in [0.1, 0.15) is 0 Å². The molecule has 1 unspecified atom stereocenters. The predicted octanol–water partition coefficient (Wildman–Crippen LogP) is 9.27. The molecule has 1 nitrogen and oxygen atoms in total. The maximum Gasteiger partial charge on any atom is 0.00388 e. The van der Waals surface area contributed by atoms with Gasteiger partial charge >= 0.3 is 0 Å². The van der Waals surface area contributed by atoms with E-state index in [-0.39, 0.29) is 0 Å². The van der Waals surface area contributed by atoms with Crippen molar-refractivity contribution in [1.82, 2.24) is 0 Å². The van der Waals surface area contributed by atoms with Gasteiger partial charge in [-0.15, -0.1) is 0 Å². The van der Waals surface area contributed by atoms with Crippen LogP contribution < -0.4 is 5.73 Å². The Morgan fingerprint density at radius 2 is 0.893 bits per heavy atom. The first-order valence-corrected chi connectivity index (χ1v) is 12.9. The third kappa shape index (κ3) is 23.5. The highest BCUT2D eigenvalue weighted by Gasteiger charge is 2.02. The van der Waals surface area contributed by atoms with Crippen LogP contribution in [0.5, 0.6) is 0 Å². The SMILES string of the molecule is CCCCCC=CC/C=C\CCCCCCCC(N)CCCCCCCCC. The Morgan fingerprint density at radius 1 is 0.500 bits per heavy atom. The topological polar surface area (TPSA) is 26.0 Å². The Labute approximate surface area is 178 Å². The van der Waals surface area contributed by atoms with Crippen LogP contribution in [0.3, 0.4) is 0 Å². The molecule has 0 aliphatic carbocycles. The summed E-state index contributed by atoms with van der Waals surface area (Å²) in [6.07, 6.45) is 36.1. The van der Waals surface area contributed by atoms with Crippen molar-refractivity contribution in [2.75, 3.05) is 0 Å². The van der Waals surface area contributed by atoms with Crippen molar-refractivity contribution in [3.63, 3.8) is 0 Å². The van der Waals surface area contributed by atoms with Gasteiger partial charge < -0.3 is 5.73 Å². The Bertz CT molecular complexity index is 331. The summed E-state index contributed by atoms with van der Waals surface area (Å²) in [6.45, 7) is 4.55. The number of nitrogens with two attached hydrogens (primary N) is 1. The summed E-state index contributed by atoms with van der Waals surface area (Å²) in [6, 6.07) is 0.452.